The second kappa shape index (κ2) is 8.68. The summed E-state index contributed by atoms with van der Waals surface area (Å²) in [5.74, 6) is 0. The molecule has 1 aromatic carbocycles. The number of hydrogen-bond acceptors (Lipinski definition) is 3. The minimum atomic E-state index is -1.76. The molecular formula is C20H34O3SeSi. The third-order valence-corrected chi connectivity index (χ3v) is 12.8. The van der Waals surface area contributed by atoms with Gasteiger partial charge < -0.3 is 0 Å². The fourth-order valence-electron chi connectivity index (χ4n) is 2.78. The van der Waals surface area contributed by atoms with Gasteiger partial charge in [-0.1, -0.05) is 0 Å². The van der Waals surface area contributed by atoms with E-state index in [0.717, 1.165) is 31.2 Å². The normalized spacial score (nSPS) is 25.1. The molecule has 0 amide bonds. The van der Waals surface area contributed by atoms with Crippen LogP contribution in [0.4, 0.5) is 0 Å². The summed E-state index contributed by atoms with van der Waals surface area (Å²) in [5.41, 5.74) is -0.434. The first kappa shape index (κ1) is 21.1. The Morgan fingerprint density at radius 2 is 1.96 bits per heavy atom. The van der Waals surface area contributed by atoms with Crippen molar-refractivity contribution in [3.8, 4) is 0 Å². The molecule has 0 spiro atoms. The van der Waals surface area contributed by atoms with Crippen LogP contribution in [-0.2, 0) is 9.16 Å². The molecule has 5 heteroatoms. The van der Waals surface area contributed by atoms with Gasteiger partial charge in [-0.2, -0.15) is 0 Å². The SMILES string of the molecule is CC(C)(C)[Si](C)(C)OCC[C@]1(C[Se]c2ccccc2)OCCC[C@H]1O. The predicted molar refractivity (Wildman–Crippen MR) is 108 cm³/mol. The first-order chi connectivity index (χ1) is 11.7. The first-order valence-electron chi connectivity index (χ1n) is 9.30. The van der Waals surface area contributed by atoms with Crippen LogP contribution in [0, 0.1) is 0 Å². The third-order valence-electron chi connectivity index (χ3n) is 5.64. The third kappa shape index (κ3) is 5.65. The van der Waals surface area contributed by atoms with Gasteiger partial charge in [-0.05, 0) is 0 Å². The van der Waals surface area contributed by atoms with Gasteiger partial charge in [0.25, 0.3) is 0 Å². The van der Waals surface area contributed by atoms with Crippen LogP contribution in [0.25, 0.3) is 0 Å². The van der Waals surface area contributed by atoms with Crippen LogP contribution in [0.5, 0.6) is 0 Å². The van der Waals surface area contributed by atoms with E-state index in [0.29, 0.717) is 21.6 Å². The average molecular weight is 430 g/mol. The Morgan fingerprint density at radius 3 is 2.56 bits per heavy atom. The molecule has 0 saturated carbocycles. The van der Waals surface area contributed by atoms with Crippen molar-refractivity contribution in [2.75, 3.05) is 13.2 Å². The van der Waals surface area contributed by atoms with Gasteiger partial charge in [0, 0.05) is 0 Å². The zero-order valence-corrected chi connectivity index (χ0v) is 19.1. The van der Waals surface area contributed by atoms with Crippen LogP contribution >= 0.6 is 0 Å². The second-order valence-corrected chi connectivity index (χ2v) is 15.5. The van der Waals surface area contributed by atoms with E-state index in [2.05, 4.69) is 58.1 Å². The van der Waals surface area contributed by atoms with Crippen LogP contribution in [0.15, 0.2) is 30.3 Å². The molecule has 142 valence electrons. The van der Waals surface area contributed by atoms with Crippen molar-refractivity contribution in [3.63, 3.8) is 0 Å². The topological polar surface area (TPSA) is 38.7 Å². The Morgan fingerprint density at radius 1 is 1.28 bits per heavy atom. The maximum atomic E-state index is 10.7. The van der Waals surface area contributed by atoms with Crippen LogP contribution in [-0.4, -0.2) is 53.3 Å². The van der Waals surface area contributed by atoms with E-state index in [1.165, 1.54) is 4.46 Å². The van der Waals surface area contributed by atoms with E-state index in [1.807, 2.05) is 6.07 Å². The monoisotopic (exact) mass is 430 g/mol. The van der Waals surface area contributed by atoms with Gasteiger partial charge in [0.2, 0.25) is 0 Å². The molecule has 2 atom stereocenters. The van der Waals surface area contributed by atoms with Crippen LogP contribution in [0.3, 0.4) is 0 Å². The first-order valence-corrected chi connectivity index (χ1v) is 14.3. The fraction of sp³-hybridized carbons (Fsp3) is 0.700. The molecule has 1 aliphatic heterocycles. The van der Waals surface area contributed by atoms with Crippen molar-refractivity contribution in [1.29, 1.82) is 0 Å². The van der Waals surface area contributed by atoms with Crippen LogP contribution in [0.1, 0.15) is 40.0 Å². The van der Waals surface area contributed by atoms with Crippen molar-refractivity contribution < 1.29 is 14.3 Å². The van der Waals surface area contributed by atoms with Crippen LogP contribution in [0.2, 0.25) is 23.5 Å². The Bertz CT molecular complexity index is 529. The molecule has 0 aromatic heterocycles. The molecule has 1 aliphatic rings. The summed E-state index contributed by atoms with van der Waals surface area (Å²) in [6.07, 6.45) is 2.19. The van der Waals surface area contributed by atoms with Gasteiger partial charge in [-0.15, -0.1) is 0 Å². The molecule has 1 heterocycles. The Hall–Kier alpha value is -0.164. The van der Waals surface area contributed by atoms with E-state index in [9.17, 15) is 5.11 Å². The minimum absolute atomic E-state index is 0.209. The molecule has 25 heavy (non-hydrogen) atoms. The number of aliphatic hydroxyl groups is 1. The van der Waals surface area contributed by atoms with E-state index in [4.69, 9.17) is 9.16 Å². The molecule has 0 radical (unpaired) electrons. The molecule has 1 N–H and O–H groups in total. The van der Waals surface area contributed by atoms with E-state index in [1.54, 1.807) is 0 Å². The summed E-state index contributed by atoms with van der Waals surface area (Å²) >= 11 is 0.302. The van der Waals surface area contributed by atoms with E-state index in [-0.39, 0.29) is 11.1 Å². The maximum absolute atomic E-state index is 10.7. The molecule has 3 nitrogen and oxygen atoms in total. The summed E-state index contributed by atoms with van der Waals surface area (Å²) < 4.78 is 13.9. The zero-order chi connectivity index (χ0) is 18.6. The number of hydrogen-bond donors (Lipinski definition) is 1. The standard InChI is InChI=1S/C20H34O3SeSi/c1-19(2,3)25(4,5)23-15-13-20(18(21)12-9-14-22-20)16-24-17-10-7-6-8-11-17/h6-8,10-11,18,21H,9,12-16H2,1-5H3/t18-,20-/m1/s1. The Labute approximate surface area is 160 Å². The van der Waals surface area contributed by atoms with Gasteiger partial charge in [0.15, 0.2) is 0 Å². The number of rotatable bonds is 7. The summed E-state index contributed by atoms with van der Waals surface area (Å²) in [4.78, 5) is 0. The Balaban J connectivity index is 2.00. The summed E-state index contributed by atoms with van der Waals surface area (Å²) in [6, 6.07) is 10.6. The average Bonchev–Trinajstić information content (AvgIpc) is 2.55. The fourth-order valence-corrected chi connectivity index (χ4v) is 6.30. The van der Waals surface area contributed by atoms with Crippen molar-refractivity contribution in [1.82, 2.24) is 0 Å². The van der Waals surface area contributed by atoms with Crippen molar-refractivity contribution in [3.05, 3.63) is 30.3 Å². The van der Waals surface area contributed by atoms with Crippen molar-refractivity contribution >= 4 is 27.7 Å². The number of ether oxygens (including phenoxy) is 1. The number of aliphatic hydroxyl groups excluding tert-OH is 1. The van der Waals surface area contributed by atoms with Gasteiger partial charge in [-0.3, -0.25) is 0 Å². The van der Waals surface area contributed by atoms with Gasteiger partial charge in [0.1, 0.15) is 0 Å². The molecule has 1 aromatic rings. The van der Waals surface area contributed by atoms with E-state index >= 15 is 0 Å². The van der Waals surface area contributed by atoms with Crippen molar-refractivity contribution in [2.24, 2.45) is 0 Å². The quantitative estimate of drug-likeness (QED) is 0.671. The molecular weight excluding hydrogens is 395 g/mol. The van der Waals surface area contributed by atoms with Crippen LogP contribution < -0.4 is 4.46 Å². The van der Waals surface area contributed by atoms with E-state index < -0.39 is 13.9 Å². The van der Waals surface area contributed by atoms with Gasteiger partial charge in [-0.25, -0.2) is 0 Å². The molecule has 0 aliphatic carbocycles. The summed E-state index contributed by atoms with van der Waals surface area (Å²) in [6.45, 7) is 12.8. The summed E-state index contributed by atoms with van der Waals surface area (Å²) in [7, 11) is -1.76. The second-order valence-electron chi connectivity index (χ2n) is 8.53. The van der Waals surface area contributed by atoms with Gasteiger partial charge >= 0.3 is 161 Å². The van der Waals surface area contributed by atoms with Crippen molar-refractivity contribution in [2.45, 2.75) is 75.2 Å². The molecule has 2 rings (SSSR count). The molecule has 1 fully saturated rings. The molecule has 1 saturated heterocycles. The predicted octanol–water partition coefficient (Wildman–Crippen LogP) is 3.76. The van der Waals surface area contributed by atoms with Gasteiger partial charge in [0.05, 0.1) is 0 Å². The Kier molecular flexibility index (Phi) is 7.34. The molecule has 0 bridgehead atoms. The summed E-state index contributed by atoms with van der Waals surface area (Å²) in [5, 5.41) is 11.8. The molecule has 0 unspecified atom stereocenters. The zero-order valence-electron chi connectivity index (χ0n) is 16.4. The number of benzene rings is 1.